The molecule has 0 aliphatic heterocycles. The van der Waals surface area contributed by atoms with Crippen molar-refractivity contribution in [2.75, 3.05) is 0 Å². The van der Waals surface area contributed by atoms with Gasteiger partial charge in [-0.25, -0.2) is 0 Å². The molecule has 0 aliphatic carbocycles. The second kappa shape index (κ2) is 4.07. The van der Waals surface area contributed by atoms with Crippen LogP contribution >= 0.6 is 0 Å². The van der Waals surface area contributed by atoms with Gasteiger partial charge in [0, 0.05) is 0 Å². The van der Waals surface area contributed by atoms with Crippen molar-refractivity contribution in [3.05, 3.63) is 4.65 Å². The standard InChI is InChI=1S/C6H18NSi2.Cu/c1-8(2,3)7-9(4,5)6;/h1-6H3;/q-1;+1. The Kier molecular flexibility index (Phi) is 5.49. The van der Waals surface area contributed by atoms with Crippen LogP contribution in [0.25, 0.3) is 4.65 Å². The van der Waals surface area contributed by atoms with Gasteiger partial charge in [0.15, 0.2) is 0 Å². The molecular weight excluding hydrogens is 206 g/mol. The van der Waals surface area contributed by atoms with Gasteiger partial charge in [0.1, 0.15) is 0 Å². The molecule has 0 fully saturated rings. The van der Waals surface area contributed by atoms with E-state index in [1.165, 1.54) is 0 Å². The van der Waals surface area contributed by atoms with Crippen LogP contribution in [0.4, 0.5) is 0 Å². The topological polar surface area (TPSA) is 14.1 Å². The fourth-order valence-electron chi connectivity index (χ4n) is 1.01. The summed E-state index contributed by atoms with van der Waals surface area (Å²) in [6.07, 6.45) is 0. The Morgan fingerprint density at radius 3 is 0.900 bits per heavy atom. The number of hydrogen-bond donors (Lipinski definition) is 0. The van der Waals surface area contributed by atoms with Gasteiger partial charge in [0.05, 0.1) is 0 Å². The van der Waals surface area contributed by atoms with Crippen LogP contribution in [0, 0.1) is 0 Å². The molecule has 0 aromatic heterocycles. The van der Waals surface area contributed by atoms with E-state index < -0.39 is 16.5 Å². The van der Waals surface area contributed by atoms with Crippen LogP contribution in [0.1, 0.15) is 0 Å². The molecule has 0 aliphatic rings. The first-order valence-electron chi connectivity index (χ1n) is 3.45. The summed E-state index contributed by atoms with van der Waals surface area (Å²) in [6.45, 7) is 13.8. The largest absolute Gasteiger partial charge is 1.00 e. The fourth-order valence-corrected chi connectivity index (χ4v) is 9.06. The Morgan fingerprint density at radius 1 is 0.700 bits per heavy atom. The monoisotopic (exact) mass is 223 g/mol. The zero-order valence-corrected chi connectivity index (χ0v) is 10.7. The molecule has 0 aromatic carbocycles. The summed E-state index contributed by atoms with van der Waals surface area (Å²) in [5, 5.41) is 0. The molecular formula is C6H18CuNSi2. The van der Waals surface area contributed by atoms with Gasteiger partial charge >= 0.3 is 17.1 Å². The molecule has 0 rings (SSSR count). The molecule has 10 heavy (non-hydrogen) atoms. The molecule has 0 atom stereocenters. The van der Waals surface area contributed by atoms with Crippen molar-refractivity contribution in [1.82, 2.24) is 0 Å². The van der Waals surface area contributed by atoms with Crippen molar-refractivity contribution in [2.24, 2.45) is 0 Å². The third kappa shape index (κ3) is 11.7. The van der Waals surface area contributed by atoms with E-state index >= 15 is 0 Å². The van der Waals surface area contributed by atoms with Crippen molar-refractivity contribution in [3.8, 4) is 0 Å². The van der Waals surface area contributed by atoms with Gasteiger partial charge in [-0.2, -0.15) is 0 Å². The number of hydrogen-bond acceptors (Lipinski definition) is 0. The first-order chi connectivity index (χ1) is 3.71. The first kappa shape index (κ1) is 13.5. The first-order valence-corrected chi connectivity index (χ1v) is 10.3. The maximum absolute atomic E-state index is 4.82. The van der Waals surface area contributed by atoms with E-state index in [1.807, 2.05) is 0 Å². The van der Waals surface area contributed by atoms with Crippen LogP contribution in [0.5, 0.6) is 0 Å². The Balaban J connectivity index is 0. The molecule has 0 amide bonds. The smallest absolute Gasteiger partial charge is 0.668 e. The minimum Gasteiger partial charge on any atom is -0.668 e. The van der Waals surface area contributed by atoms with E-state index in [1.54, 1.807) is 0 Å². The minimum absolute atomic E-state index is 0. The molecule has 0 saturated carbocycles. The predicted octanol–water partition coefficient (Wildman–Crippen LogP) is 3.03. The summed E-state index contributed by atoms with van der Waals surface area (Å²) >= 11 is 0. The number of rotatable bonds is 2. The summed E-state index contributed by atoms with van der Waals surface area (Å²) in [5.74, 6) is 0. The van der Waals surface area contributed by atoms with E-state index in [-0.39, 0.29) is 17.1 Å². The van der Waals surface area contributed by atoms with Crippen LogP contribution in [0.3, 0.4) is 0 Å². The van der Waals surface area contributed by atoms with Gasteiger partial charge in [-0.3, -0.25) is 0 Å². The van der Waals surface area contributed by atoms with E-state index in [2.05, 4.69) is 39.3 Å². The van der Waals surface area contributed by atoms with Crippen molar-refractivity contribution in [2.45, 2.75) is 39.3 Å². The van der Waals surface area contributed by atoms with Crippen molar-refractivity contribution in [3.63, 3.8) is 0 Å². The van der Waals surface area contributed by atoms with Gasteiger partial charge in [-0.15, -0.1) is 0 Å². The average molecular weight is 224 g/mol. The van der Waals surface area contributed by atoms with Crippen LogP contribution < -0.4 is 0 Å². The summed E-state index contributed by atoms with van der Waals surface area (Å²) in [7, 11) is -2.21. The Labute approximate surface area is 77.6 Å². The van der Waals surface area contributed by atoms with E-state index in [0.29, 0.717) is 0 Å². The average Bonchev–Trinajstić information content (AvgIpc) is 1.14. The fraction of sp³-hybridized carbons (Fsp3) is 1.00. The number of nitrogens with zero attached hydrogens (tertiary/aromatic N) is 1. The third-order valence-electron chi connectivity index (χ3n) is 0.671. The van der Waals surface area contributed by atoms with Crippen LogP contribution in [-0.2, 0) is 17.1 Å². The van der Waals surface area contributed by atoms with Gasteiger partial charge in [0.25, 0.3) is 0 Å². The molecule has 0 unspecified atom stereocenters. The summed E-state index contributed by atoms with van der Waals surface area (Å²) < 4.78 is 4.82. The molecule has 0 N–H and O–H groups in total. The molecule has 0 radical (unpaired) electrons. The van der Waals surface area contributed by atoms with Crippen LogP contribution in [0.15, 0.2) is 0 Å². The SMILES string of the molecule is C[Si](C)(C)[N-][Si](C)(C)C.[Cu+]. The van der Waals surface area contributed by atoms with Crippen LogP contribution in [0.2, 0.25) is 39.3 Å². The van der Waals surface area contributed by atoms with Gasteiger partial charge in [-0.1, -0.05) is 55.8 Å². The third-order valence-corrected chi connectivity index (χ3v) is 6.04. The molecule has 66 valence electrons. The molecule has 1 nitrogen and oxygen atoms in total. The second-order valence-corrected chi connectivity index (χ2v) is 14.0. The van der Waals surface area contributed by atoms with Crippen molar-refractivity contribution < 1.29 is 17.1 Å². The summed E-state index contributed by atoms with van der Waals surface area (Å²) in [5.41, 5.74) is 0. The van der Waals surface area contributed by atoms with Crippen LogP contribution in [-0.4, -0.2) is 16.5 Å². The molecule has 0 heterocycles. The molecule has 0 spiro atoms. The van der Waals surface area contributed by atoms with Crippen molar-refractivity contribution >= 4 is 16.5 Å². The zero-order chi connectivity index (χ0) is 7.71. The minimum atomic E-state index is -1.11. The molecule has 4 heteroatoms. The predicted molar refractivity (Wildman–Crippen MR) is 50.1 cm³/mol. The molecule has 0 bridgehead atoms. The molecule has 0 aromatic rings. The van der Waals surface area contributed by atoms with Gasteiger partial charge in [0.2, 0.25) is 0 Å². The van der Waals surface area contributed by atoms with E-state index in [9.17, 15) is 0 Å². The van der Waals surface area contributed by atoms with E-state index in [4.69, 9.17) is 4.65 Å². The van der Waals surface area contributed by atoms with Crippen molar-refractivity contribution in [1.29, 1.82) is 0 Å². The quantitative estimate of drug-likeness (QED) is 0.640. The zero-order valence-electron chi connectivity index (χ0n) is 7.75. The maximum Gasteiger partial charge on any atom is 1.00 e. The Morgan fingerprint density at radius 2 is 0.900 bits per heavy atom. The Bertz CT molecular complexity index is 80.9. The van der Waals surface area contributed by atoms with E-state index in [0.717, 1.165) is 0 Å². The normalized spacial score (nSPS) is 12.6. The summed E-state index contributed by atoms with van der Waals surface area (Å²) in [6, 6.07) is 0. The second-order valence-electron chi connectivity index (χ2n) is 4.45. The van der Waals surface area contributed by atoms with Gasteiger partial charge in [-0.05, 0) is 0 Å². The van der Waals surface area contributed by atoms with Gasteiger partial charge < -0.3 is 4.65 Å². The maximum atomic E-state index is 4.82. The summed E-state index contributed by atoms with van der Waals surface area (Å²) in [4.78, 5) is 0. The molecule has 0 saturated heterocycles. The Hall–Kier alpha value is 0.913.